The van der Waals surface area contributed by atoms with Crippen molar-refractivity contribution in [1.29, 1.82) is 0 Å². The second-order valence-electron chi connectivity index (χ2n) is 3.04. The normalized spacial score (nSPS) is 39.7. The summed E-state index contributed by atoms with van der Waals surface area (Å²) in [7, 11) is 0.843. The Morgan fingerprint density at radius 3 is 3.40 bits per heavy atom. The number of rotatable bonds is 1. The molecule has 2 atom stereocenters. The van der Waals surface area contributed by atoms with E-state index in [1.54, 1.807) is 0 Å². The third-order valence-electron chi connectivity index (χ3n) is 2.48. The molecule has 0 unspecified atom stereocenters. The summed E-state index contributed by atoms with van der Waals surface area (Å²) in [6.07, 6.45) is 3.06. The van der Waals surface area contributed by atoms with E-state index >= 15 is 0 Å². The van der Waals surface area contributed by atoms with Crippen LogP contribution in [0.3, 0.4) is 0 Å². The highest BCUT2D eigenvalue weighted by Gasteiger charge is 2.37. The molecule has 0 bridgehead atoms. The maximum absolute atomic E-state index is 5.52. The van der Waals surface area contributed by atoms with E-state index in [-0.39, 0.29) is 0 Å². The van der Waals surface area contributed by atoms with Crippen LogP contribution in [0, 0.1) is 0 Å². The molecule has 2 rings (SSSR count). The zero-order valence-electron chi connectivity index (χ0n) is 5.99. The van der Waals surface area contributed by atoms with E-state index in [0.29, 0.717) is 12.1 Å². The van der Waals surface area contributed by atoms with Crippen LogP contribution in [0.15, 0.2) is 0 Å². The first-order chi connectivity index (χ1) is 4.92. The zero-order chi connectivity index (χ0) is 6.97. The van der Waals surface area contributed by atoms with Crippen LogP contribution in [-0.4, -0.2) is 36.9 Å². The van der Waals surface area contributed by atoms with E-state index in [2.05, 4.69) is 17.4 Å². The van der Waals surface area contributed by atoms with Gasteiger partial charge in [0.05, 0.1) is 6.10 Å². The van der Waals surface area contributed by atoms with Gasteiger partial charge in [0, 0.05) is 11.8 Å². The smallest absolute Gasteiger partial charge is 0.364 e. The lowest BCUT2D eigenvalue weighted by atomic mass is 10.1. The first-order valence-electron chi connectivity index (χ1n) is 3.88. The minimum Gasteiger partial charge on any atom is -0.419 e. The van der Waals surface area contributed by atoms with Gasteiger partial charge < -0.3 is 9.47 Å². The van der Waals surface area contributed by atoms with Gasteiger partial charge >= 0.3 is 7.62 Å². The molecule has 0 spiro atoms. The Morgan fingerprint density at radius 2 is 2.60 bits per heavy atom. The molecule has 0 aromatic rings. The van der Waals surface area contributed by atoms with Gasteiger partial charge in [0.2, 0.25) is 0 Å². The first-order valence-corrected chi connectivity index (χ1v) is 4.51. The predicted molar refractivity (Wildman–Crippen MR) is 45.6 cm³/mol. The summed E-state index contributed by atoms with van der Waals surface area (Å²) in [6, 6.07) is 0.692. The van der Waals surface area contributed by atoms with Gasteiger partial charge in [0.1, 0.15) is 0 Å². The van der Waals surface area contributed by atoms with Crippen LogP contribution in [0.4, 0.5) is 0 Å². The van der Waals surface area contributed by atoms with Gasteiger partial charge in [-0.3, -0.25) is 0 Å². The van der Waals surface area contributed by atoms with Crippen LogP contribution in [0.2, 0.25) is 0 Å². The number of hydrogen-bond acceptors (Lipinski definition) is 3. The van der Waals surface area contributed by atoms with Gasteiger partial charge in [0.25, 0.3) is 0 Å². The average molecular weight is 157 g/mol. The van der Waals surface area contributed by atoms with E-state index in [0.717, 1.165) is 13.4 Å². The van der Waals surface area contributed by atoms with Crippen molar-refractivity contribution in [2.75, 3.05) is 12.3 Å². The molecule has 2 heterocycles. The maximum Gasteiger partial charge on any atom is 0.364 e. The number of hydrogen-bond donors (Lipinski definition) is 1. The molecule has 0 aromatic heterocycles. The second kappa shape index (κ2) is 2.76. The van der Waals surface area contributed by atoms with E-state index in [1.165, 1.54) is 19.4 Å². The average Bonchev–Trinajstić information content (AvgIpc) is 2.44. The van der Waals surface area contributed by atoms with Gasteiger partial charge in [-0.1, -0.05) is 0 Å². The highest BCUT2D eigenvalue weighted by molar-refractivity contribution is 7.80. The van der Waals surface area contributed by atoms with Crippen molar-refractivity contribution in [1.82, 2.24) is 4.81 Å². The summed E-state index contributed by atoms with van der Waals surface area (Å²) in [5, 5.41) is 0. The van der Waals surface area contributed by atoms with Crippen molar-refractivity contribution in [3.8, 4) is 0 Å². The fourth-order valence-corrected chi connectivity index (χ4v) is 2.26. The third-order valence-corrected chi connectivity index (χ3v) is 2.84. The lowest BCUT2D eigenvalue weighted by Gasteiger charge is -2.16. The summed E-state index contributed by atoms with van der Waals surface area (Å²) in [6.45, 7) is 1.23. The van der Waals surface area contributed by atoms with Crippen LogP contribution in [0.5, 0.6) is 0 Å². The summed E-state index contributed by atoms with van der Waals surface area (Å²) in [5.74, 6) is 0.876. The van der Waals surface area contributed by atoms with Crippen molar-refractivity contribution in [2.24, 2.45) is 0 Å². The van der Waals surface area contributed by atoms with Crippen molar-refractivity contribution in [2.45, 2.75) is 25.0 Å². The lowest BCUT2D eigenvalue weighted by molar-refractivity contribution is 0.232. The first kappa shape index (κ1) is 7.01. The lowest BCUT2D eigenvalue weighted by Crippen LogP contribution is -2.30. The monoisotopic (exact) mass is 157 g/mol. The molecule has 2 fully saturated rings. The van der Waals surface area contributed by atoms with Crippen molar-refractivity contribution in [3.05, 3.63) is 0 Å². The maximum atomic E-state index is 5.52. The minimum atomic E-state index is 0.408. The summed E-state index contributed by atoms with van der Waals surface area (Å²) < 4.78 is 5.52. The van der Waals surface area contributed by atoms with Crippen molar-refractivity contribution < 1.29 is 4.65 Å². The summed E-state index contributed by atoms with van der Waals surface area (Å²) >= 11 is 4.25. The fraction of sp³-hybridized carbons (Fsp3) is 1.00. The van der Waals surface area contributed by atoms with Crippen molar-refractivity contribution >= 4 is 20.2 Å². The molecule has 2 saturated heterocycles. The van der Waals surface area contributed by atoms with Gasteiger partial charge in [-0.15, -0.1) is 0 Å². The van der Waals surface area contributed by atoms with Crippen LogP contribution >= 0.6 is 12.6 Å². The molecule has 0 radical (unpaired) electrons. The molecule has 56 valence electrons. The van der Waals surface area contributed by atoms with E-state index in [9.17, 15) is 0 Å². The molecule has 0 N–H and O–H groups in total. The Hall–Kier alpha value is 0.335. The van der Waals surface area contributed by atoms with Gasteiger partial charge in [0.15, 0.2) is 0 Å². The molecule has 4 heteroatoms. The van der Waals surface area contributed by atoms with Gasteiger partial charge in [-0.2, -0.15) is 12.6 Å². The SMILES string of the molecule is SC[C@@H]1OBN2CCC[C@H]12. The highest BCUT2D eigenvalue weighted by Crippen LogP contribution is 2.26. The number of thiol groups is 1. The molecule has 0 amide bonds. The Bertz CT molecular complexity index is 135. The van der Waals surface area contributed by atoms with E-state index in [1.807, 2.05) is 0 Å². The fourth-order valence-electron chi connectivity index (χ4n) is 1.91. The van der Waals surface area contributed by atoms with Crippen LogP contribution < -0.4 is 0 Å². The molecule has 0 aliphatic carbocycles. The molecule has 2 nitrogen and oxygen atoms in total. The molecule has 2 aliphatic rings. The molecule has 10 heavy (non-hydrogen) atoms. The standard InChI is InChI=1S/C6H12BNOS/c10-4-6-5-2-1-3-8(5)7-9-6/h5-7,10H,1-4H2/t5-,6+/m1/s1. The Kier molecular flexibility index (Phi) is 1.93. The Balaban J connectivity index is 2.01. The van der Waals surface area contributed by atoms with Crippen LogP contribution in [-0.2, 0) is 4.65 Å². The number of nitrogens with zero attached hydrogens (tertiary/aromatic N) is 1. The van der Waals surface area contributed by atoms with Crippen molar-refractivity contribution in [3.63, 3.8) is 0 Å². The number of fused-ring (bicyclic) bond motifs is 1. The second-order valence-corrected chi connectivity index (χ2v) is 3.40. The molecular formula is C6H12BNOS. The Morgan fingerprint density at radius 1 is 1.70 bits per heavy atom. The highest BCUT2D eigenvalue weighted by atomic mass is 32.1. The van der Waals surface area contributed by atoms with Crippen LogP contribution in [0.1, 0.15) is 12.8 Å². The zero-order valence-corrected chi connectivity index (χ0v) is 6.89. The predicted octanol–water partition coefficient (Wildman–Crippen LogP) is 0.0459. The molecule has 2 aliphatic heterocycles. The van der Waals surface area contributed by atoms with E-state index < -0.39 is 0 Å². The van der Waals surface area contributed by atoms with E-state index in [4.69, 9.17) is 4.65 Å². The molecule has 0 aromatic carbocycles. The molecule has 0 saturated carbocycles. The van der Waals surface area contributed by atoms with Gasteiger partial charge in [-0.05, 0) is 19.4 Å². The summed E-state index contributed by atoms with van der Waals surface area (Å²) in [5.41, 5.74) is 0. The summed E-state index contributed by atoms with van der Waals surface area (Å²) in [4.78, 5) is 2.42. The third kappa shape index (κ3) is 0.985. The minimum absolute atomic E-state index is 0.408. The quantitative estimate of drug-likeness (QED) is 0.426. The van der Waals surface area contributed by atoms with Crippen LogP contribution in [0.25, 0.3) is 0 Å². The molecular weight excluding hydrogens is 145 g/mol. The largest absolute Gasteiger partial charge is 0.419 e. The van der Waals surface area contributed by atoms with Gasteiger partial charge in [-0.25, -0.2) is 0 Å². The topological polar surface area (TPSA) is 12.5 Å². The Labute approximate surface area is 67.6 Å².